The van der Waals surface area contributed by atoms with Gasteiger partial charge in [0, 0.05) is 17.0 Å². The van der Waals surface area contributed by atoms with Crippen LogP contribution in [0.4, 0.5) is 5.69 Å². The van der Waals surface area contributed by atoms with Crippen LogP contribution in [0.2, 0.25) is 0 Å². The van der Waals surface area contributed by atoms with Crippen LogP contribution >= 0.6 is 11.8 Å². The molecule has 0 amide bonds. The predicted octanol–water partition coefficient (Wildman–Crippen LogP) is 3.83. The maximum atomic E-state index is 12.6. The zero-order valence-electron chi connectivity index (χ0n) is 16.7. The number of fused-ring (bicyclic) bond motifs is 2. The number of rotatable bonds is 6. The van der Waals surface area contributed by atoms with E-state index < -0.39 is 25.7 Å². The summed E-state index contributed by atoms with van der Waals surface area (Å²) in [5.41, 5.74) is 1.10. The Balaban J connectivity index is 1.56. The topological polar surface area (TPSA) is 109 Å². The van der Waals surface area contributed by atoms with Gasteiger partial charge < -0.3 is 4.90 Å². The van der Waals surface area contributed by atoms with Crippen molar-refractivity contribution in [2.75, 3.05) is 17.2 Å². The van der Waals surface area contributed by atoms with E-state index in [4.69, 9.17) is 4.55 Å². The molecule has 2 aromatic rings. The normalized spacial score (nSPS) is 19.8. The number of Topliss-reactive ketones (excluding diaryl/α,β-unsaturated/α-hetero) is 1. The molecule has 0 unspecified atom stereocenters. The minimum atomic E-state index is -4.04. The first-order valence-electron chi connectivity index (χ1n) is 9.65. The van der Waals surface area contributed by atoms with E-state index in [1.54, 1.807) is 24.3 Å². The van der Waals surface area contributed by atoms with Crippen molar-refractivity contribution >= 4 is 43.2 Å². The Bertz CT molecular complexity index is 1390. The quantitative estimate of drug-likeness (QED) is 0.482. The summed E-state index contributed by atoms with van der Waals surface area (Å²) in [5.74, 6) is -0.862. The number of benzene rings is 2. The molecule has 2 aliphatic rings. The zero-order chi connectivity index (χ0) is 22.9. The average Bonchev–Trinajstić information content (AvgIpc) is 3.18. The second kappa shape index (κ2) is 8.70. The van der Waals surface area contributed by atoms with E-state index in [0.29, 0.717) is 6.54 Å². The van der Waals surface area contributed by atoms with Gasteiger partial charge in [0.2, 0.25) is 15.6 Å². The third-order valence-electron chi connectivity index (χ3n) is 4.95. The largest absolute Gasteiger partial charge is 0.335 e. The van der Waals surface area contributed by atoms with Crippen LogP contribution < -0.4 is 4.90 Å². The summed E-state index contributed by atoms with van der Waals surface area (Å²) < 4.78 is 56.4. The molecular formula is C22H19NO6S3. The van der Waals surface area contributed by atoms with Crippen LogP contribution in [0, 0.1) is 0 Å². The van der Waals surface area contributed by atoms with Crippen LogP contribution in [0.15, 0.2) is 92.6 Å². The molecule has 0 aliphatic carbocycles. The molecule has 10 heteroatoms. The van der Waals surface area contributed by atoms with Gasteiger partial charge >= 0.3 is 0 Å². The molecule has 0 saturated carbocycles. The smallest absolute Gasteiger partial charge is 0.264 e. The van der Waals surface area contributed by atoms with Gasteiger partial charge in [-0.25, -0.2) is 8.42 Å². The number of sulfone groups is 1. The van der Waals surface area contributed by atoms with Crippen molar-refractivity contribution < 1.29 is 26.2 Å². The van der Waals surface area contributed by atoms with Crippen LogP contribution in [0.3, 0.4) is 0 Å². The number of allylic oxidation sites excluding steroid dienone is 5. The zero-order valence-corrected chi connectivity index (χ0v) is 19.2. The highest BCUT2D eigenvalue weighted by Crippen LogP contribution is 2.45. The summed E-state index contributed by atoms with van der Waals surface area (Å²) in [6.45, 7) is 0.382. The SMILES string of the molecule is O=C1/C(=C/C=C/C=C2/Sc3ccccc3N2CCCS(=O)(=O)O)S(=O)(=O)c2ccccc21. The monoisotopic (exact) mass is 489 g/mol. The summed E-state index contributed by atoms with van der Waals surface area (Å²) in [4.78, 5) is 15.2. The molecule has 32 heavy (non-hydrogen) atoms. The molecule has 2 heterocycles. The lowest BCUT2D eigenvalue weighted by Crippen LogP contribution is -2.21. The number of carbonyl (C=O) groups excluding carboxylic acids is 1. The third-order valence-corrected chi connectivity index (χ3v) is 8.72. The van der Waals surface area contributed by atoms with E-state index in [2.05, 4.69) is 0 Å². The molecule has 0 atom stereocenters. The van der Waals surface area contributed by atoms with Crippen LogP contribution in [-0.4, -0.2) is 39.5 Å². The first-order valence-corrected chi connectivity index (χ1v) is 13.6. The summed E-state index contributed by atoms with van der Waals surface area (Å²) in [5, 5.41) is 0.820. The van der Waals surface area contributed by atoms with Crippen molar-refractivity contribution in [3.8, 4) is 0 Å². The number of hydrogen-bond acceptors (Lipinski definition) is 7. The Morgan fingerprint density at radius 3 is 2.44 bits per heavy atom. The van der Waals surface area contributed by atoms with Gasteiger partial charge in [-0.1, -0.05) is 48.2 Å². The lowest BCUT2D eigenvalue weighted by Gasteiger charge is -2.19. The number of nitrogens with zero attached hydrogens (tertiary/aromatic N) is 1. The Labute approximate surface area is 190 Å². The standard InChI is InChI=1S/C22H19NO6S3/c24-22-16-8-1-4-11-19(16)32(28,29)20(22)12-5-6-13-21-23(14-7-15-31(25,26)27)17-9-2-3-10-18(17)30-21/h1-6,8-13H,7,14-15H2,(H,25,26,27)/b6-5+,20-12-,21-13+. The number of thioether (sulfide) groups is 1. The Morgan fingerprint density at radius 2 is 1.69 bits per heavy atom. The summed E-state index contributed by atoms with van der Waals surface area (Å²) >= 11 is 1.49. The van der Waals surface area contributed by atoms with E-state index in [0.717, 1.165) is 15.6 Å². The van der Waals surface area contributed by atoms with Crippen molar-refractivity contribution in [2.24, 2.45) is 0 Å². The molecule has 166 valence electrons. The van der Waals surface area contributed by atoms with Crippen molar-refractivity contribution in [2.45, 2.75) is 16.2 Å². The fourth-order valence-corrected chi connectivity index (χ4v) is 6.67. The predicted molar refractivity (Wildman–Crippen MR) is 124 cm³/mol. The molecular weight excluding hydrogens is 470 g/mol. The number of ketones is 1. The fraction of sp³-hybridized carbons (Fsp3) is 0.136. The molecule has 0 fully saturated rings. The van der Waals surface area contributed by atoms with Gasteiger partial charge in [-0.15, -0.1) is 0 Å². The summed E-state index contributed by atoms with van der Waals surface area (Å²) in [7, 11) is -7.88. The fourth-order valence-electron chi connectivity index (χ4n) is 3.52. The van der Waals surface area contributed by atoms with Crippen LogP contribution in [0.1, 0.15) is 16.8 Å². The van der Waals surface area contributed by atoms with E-state index >= 15 is 0 Å². The first-order chi connectivity index (χ1) is 15.2. The highest BCUT2D eigenvalue weighted by Gasteiger charge is 2.38. The average molecular weight is 490 g/mol. The van der Waals surface area contributed by atoms with Crippen LogP contribution in [0.5, 0.6) is 0 Å². The molecule has 0 bridgehead atoms. The molecule has 0 saturated heterocycles. The second-order valence-corrected chi connectivity index (χ2v) is 11.6. The highest BCUT2D eigenvalue weighted by atomic mass is 32.2. The van der Waals surface area contributed by atoms with Crippen molar-refractivity contribution in [3.63, 3.8) is 0 Å². The lowest BCUT2D eigenvalue weighted by atomic mass is 10.1. The Morgan fingerprint density at radius 1 is 1.00 bits per heavy atom. The number of para-hydroxylation sites is 1. The van der Waals surface area contributed by atoms with Gasteiger partial charge in [-0.3, -0.25) is 9.35 Å². The summed E-state index contributed by atoms with van der Waals surface area (Å²) in [6, 6.07) is 13.8. The van der Waals surface area contributed by atoms with E-state index in [9.17, 15) is 21.6 Å². The van der Waals surface area contributed by atoms with Crippen LogP contribution in [-0.2, 0) is 20.0 Å². The molecule has 1 N–H and O–H groups in total. The van der Waals surface area contributed by atoms with Gasteiger partial charge in [0.25, 0.3) is 10.1 Å². The number of carbonyl (C=O) groups is 1. The van der Waals surface area contributed by atoms with Gasteiger partial charge in [-0.05, 0) is 42.8 Å². The minimum absolute atomic E-state index is 0.0230. The molecule has 7 nitrogen and oxygen atoms in total. The third kappa shape index (κ3) is 4.44. The highest BCUT2D eigenvalue weighted by molar-refractivity contribution is 8.03. The molecule has 4 rings (SSSR count). The molecule has 0 spiro atoms. The van der Waals surface area contributed by atoms with Gasteiger partial charge in [0.05, 0.1) is 21.4 Å². The van der Waals surface area contributed by atoms with Crippen molar-refractivity contribution in [1.29, 1.82) is 0 Å². The molecule has 2 aromatic carbocycles. The minimum Gasteiger partial charge on any atom is -0.335 e. The van der Waals surface area contributed by atoms with E-state index in [1.165, 1.54) is 36.0 Å². The van der Waals surface area contributed by atoms with E-state index in [-0.39, 0.29) is 27.5 Å². The Kier molecular flexibility index (Phi) is 6.13. The maximum absolute atomic E-state index is 12.6. The van der Waals surface area contributed by atoms with E-state index in [1.807, 2.05) is 29.2 Å². The van der Waals surface area contributed by atoms with Gasteiger partial charge in [-0.2, -0.15) is 8.42 Å². The summed E-state index contributed by atoms with van der Waals surface area (Å²) in [6.07, 6.45) is 6.45. The molecule has 2 aliphatic heterocycles. The maximum Gasteiger partial charge on any atom is 0.264 e. The van der Waals surface area contributed by atoms with Crippen molar-refractivity contribution in [1.82, 2.24) is 0 Å². The Hall–Kier alpha value is -2.66. The first kappa shape index (κ1) is 22.5. The number of anilines is 1. The molecule has 0 aromatic heterocycles. The second-order valence-electron chi connectivity index (χ2n) is 7.11. The van der Waals surface area contributed by atoms with Gasteiger partial charge in [0.15, 0.2) is 0 Å². The van der Waals surface area contributed by atoms with Crippen molar-refractivity contribution in [3.05, 3.63) is 88.3 Å². The van der Waals surface area contributed by atoms with Crippen LogP contribution in [0.25, 0.3) is 0 Å². The lowest BCUT2D eigenvalue weighted by molar-refractivity contribution is 0.104. The molecule has 0 radical (unpaired) electrons. The number of hydrogen-bond donors (Lipinski definition) is 1. The van der Waals surface area contributed by atoms with Gasteiger partial charge in [0.1, 0.15) is 4.91 Å².